The molecule has 9 heteroatoms. The van der Waals surface area contributed by atoms with Gasteiger partial charge in [0.2, 0.25) is 0 Å². The number of hydrogen-bond donors (Lipinski definition) is 0. The Morgan fingerprint density at radius 2 is 2.11 bits per heavy atom. The fraction of sp³-hybridized carbons (Fsp3) is 0.474. The third kappa shape index (κ3) is 3.25. The molecule has 1 saturated carbocycles. The number of nitrogens with zero attached hydrogens (tertiary/aromatic N) is 5. The van der Waals surface area contributed by atoms with E-state index in [-0.39, 0.29) is 30.3 Å². The minimum Gasteiger partial charge on any atom is -0.465 e. The molecule has 0 amide bonds. The predicted octanol–water partition coefficient (Wildman–Crippen LogP) is 3.52. The van der Waals surface area contributed by atoms with Crippen molar-refractivity contribution < 1.29 is 18.3 Å². The molecule has 1 aliphatic carbocycles. The maximum absolute atomic E-state index is 14.0. The van der Waals surface area contributed by atoms with Gasteiger partial charge in [0.25, 0.3) is 6.43 Å². The van der Waals surface area contributed by atoms with Gasteiger partial charge in [-0.3, -0.25) is 9.48 Å². The number of alkyl halides is 2. The van der Waals surface area contributed by atoms with Gasteiger partial charge in [0, 0.05) is 30.3 Å². The minimum atomic E-state index is -2.68. The zero-order valence-electron chi connectivity index (χ0n) is 15.9. The summed E-state index contributed by atoms with van der Waals surface area (Å²) in [6.45, 7) is 3.59. The van der Waals surface area contributed by atoms with Crippen molar-refractivity contribution in [1.82, 2.24) is 24.5 Å². The number of aromatic nitrogens is 5. The predicted molar refractivity (Wildman–Crippen MR) is 98.0 cm³/mol. The maximum Gasteiger partial charge on any atom is 0.327 e. The molecule has 0 atom stereocenters. The van der Waals surface area contributed by atoms with Crippen LogP contribution in [-0.2, 0) is 23.1 Å². The first-order valence-electron chi connectivity index (χ1n) is 9.24. The fourth-order valence-electron chi connectivity index (χ4n) is 3.47. The van der Waals surface area contributed by atoms with E-state index in [4.69, 9.17) is 4.74 Å². The van der Waals surface area contributed by atoms with E-state index in [9.17, 15) is 13.6 Å². The van der Waals surface area contributed by atoms with Crippen LogP contribution in [0.5, 0.6) is 0 Å². The van der Waals surface area contributed by atoms with Crippen LogP contribution >= 0.6 is 0 Å². The molecule has 0 unspecified atom stereocenters. The lowest BCUT2D eigenvalue weighted by molar-refractivity contribution is -0.143. The molecular weight excluding hydrogens is 368 g/mol. The molecule has 3 aromatic heterocycles. The molecule has 28 heavy (non-hydrogen) atoms. The molecule has 0 bridgehead atoms. The second-order valence-electron chi connectivity index (χ2n) is 7.02. The van der Waals surface area contributed by atoms with E-state index in [1.54, 1.807) is 31.8 Å². The van der Waals surface area contributed by atoms with Crippen LogP contribution in [0.25, 0.3) is 22.3 Å². The van der Waals surface area contributed by atoms with Crippen LogP contribution in [0.3, 0.4) is 0 Å². The Hall–Kier alpha value is -2.84. The van der Waals surface area contributed by atoms with Crippen molar-refractivity contribution in [2.75, 3.05) is 6.61 Å². The van der Waals surface area contributed by atoms with Gasteiger partial charge in [0.05, 0.1) is 29.1 Å². The minimum absolute atomic E-state index is 0.111. The van der Waals surface area contributed by atoms with Gasteiger partial charge in [-0.1, -0.05) is 0 Å². The van der Waals surface area contributed by atoms with Crippen molar-refractivity contribution in [3.05, 3.63) is 29.2 Å². The Morgan fingerprint density at radius 3 is 2.68 bits per heavy atom. The highest BCUT2D eigenvalue weighted by molar-refractivity contribution is 5.87. The molecule has 148 valence electrons. The van der Waals surface area contributed by atoms with E-state index < -0.39 is 12.4 Å². The highest BCUT2D eigenvalue weighted by Gasteiger charge is 2.33. The number of pyridine rings is 1. The van der Waals surface area contributed by atoms with Gasteiger partial charge in [-0.15, -0.1) is 0 Å². The van der Waals surface area contributed by atoms with Gasteiger partial charge < -0.3 is 4.74 Å². The Bertz CT molecular complexity index is 1050. The third-order valence-corrected chi connectivity index (χ3v) is 4.83. The van der Waals surface area contributed by atoms with Crippen molar-refractivity contribution in [2.24, 2.45) is 7.05 Å². The summed E-state index contributed by atoms with van der Waals surface area (Å²) < 4.78 is 36.0. The summed E-state index contributed by atoms with van der Waals surface area (Å²) in [7, 11) is 1.76. The summed E-state index contributed by atoms with van der Waals surface area (Å²) in [6, 6.07) is 1.42. The summed E-state index contributed by atoms with van der Waals surface area (Å²) in [5.74, 6) is -0.339. The molecule has 3 aromatic rings. The molecule has 7 nitrogen and oxygen atoms in total. The SMILES string of the molecule is CCOC(=O)Cn1nc(C2CC2)c2c(C(F)F)cc(-c3cn(C)nc3C)nc21. The molecule has 0 radical (unpaired) electrons. The molecule has 0 spiro atoms. The number of carbonyl (C=O) groups excluding carboxylic acids is 1. The molecule has 0 aliphatic heterocycles. The van der Waals surface area contributed by atoms with Crippen molar-refractivity contribution in [3.63, 3.8) is 0 Å². The van der Waals surface area contributed by atoms with E-state index in [0.29, 0.717) is 28.0 Å². The van der Waals surface area contributed by atoms with Crippen LogP contribution in [0.4, 0.5) is 8.78 Å². The maximum atomic E-state index is 14.0. The lowest BCUT2D eigenvalue weighted by atomic mass is 10.0. The van der Waals surface area contributed by atoms with E-state index in [0.717, 1.165) is 12.8 Å². The van der Waals surface area contributed by atoms with Crippen LogP contribution in [0.15, 0.2) is 12.3 Å². The van der Waals surface area contributed by atoms with Gasteiger partial charge in [-0.05, 0) is 32.8 Å². The first-order chi connectivity index (χ1) is 13.4. The number of halogens is 2. The number of carbonyl (C=O) groups is 1. The van der Waals surface area contributed by atoms with Crippen LogP contribution in [0.2, 0.25) is 0 Å². The van der Waals surface area contributed by atoms with Gasteiger partial charge in [-0.25, -0.2) is 18.4 Å². The van der Waals surface area contributed by atoms with Crippen LogP contribution in [0, 0.1) is 6.92 Å². The summed E-state index contributed by atoms with van der Waals surface area (Å²) >= 11 is 0. The molecule has 4 rings (SSSR count). The van der Waals surface area contributed by atoms with E-state index >= 15 is 0 Å². The molecule has 0 N–H and O–H groups in total. The van der Waals surface area contributed by atoms with Gasteiger partial charge in [0.15, 0.2) is 5.65 Å². The van der Waals surface area contributed by atoms with Crippen molar-refractivity contribution in [2.45, 2.75) is 45.6 Å². The molecular formula is C19H21F2N5O2. The molecule has 0 saturated heterocycles. The van der Waals surface area contributed by atoms with Gasteiger partial charge in [0.1, 0.15) is 6.54 Å². The number of ether oxygens (including phenoxy) is 1. The highest BCUT2D eigenvalue weighted by atomic mass is 19.3. The lowest BCUT2D eigenvalue weighted by Crippen LogP contribution is -2.15. The number of hydrogen-bond acceptors (Lipinski definition) is 5. The average Bonchev–Trinajstić information content (AvgIpc) is 3.34. The summed E-state index contributed by atoms with van der Waals surface area (Å²) in [5, 5.41) is 9.11. The van der Waals surface area contributed by atoms with Crippen LogP contribution in [0.1, 0.15) is 49.1 Å². The second-order valence-corrected chi connectivity index (χ2v) is 7.02. The topological polar surface area (TPSA) is 74.8 Å². The van der Waals surface area contributed by atoms with Crippen LogP contribution in [-0.4, -0.2) is 37.1 Å². The standard InChI is InChI=1S/C19H21F2N5O2/c1-4-28-15(27)9-26-19-16(17(24-26)11-5-6-11)12(18(20)21)7-14(22-19)13-8-25(3)23-10(13)2/h7-8,11,18H,4-6,9H2,1-3H3. The largest absolute Gasteiger partial charge is 0.465 e. The Kier molecular flexibility index (Phi) is 4.60. The third-order valence-electron chi connectivity index (χ3n) is 4.83. The monoisotopic (exact) mass is 389 g/mol. The molecule has 0 aromatic carbocycles. The first kappa shape index (κ1) is 18.5. The van der Waals surface area contributed by atoms with Crippen molar-refractivity contribution in [1.29, 1.82) is 0 Å². The summed E-state index contributed by atoms with van der Waals surface area (Å²) in [4.78, 5) is 16.6. The Balaban J connectivity index is 1.94. The van der Waals surface area contributed by atoms with E-state index in [1.807, 2.05) is 0 Å². The fourth-order valence-corrected chi connectivity index (χ4v) is 3.47. The Morgan fingerprint density at radius 1 is 1.36 bits per heavy atom. The summed E-state index contributed by atoms with van der Waals surface area (Å²) in [6.07, 6.45) is 0.862. The molecule has 1 fully saturated rings. The zero-order valence-corrected chi connectivity index (χ0v) is 15.9. The Labute approximate surface area is 160 Å². The lowest BCUT2D eigenvalue weighted by Gasteiger charge is -2.08. The zero-order chi connectivity index (χ0) is 20.0. The number of aryl methyl sites for hydroxylation is 2. The summed E-state index contributed by atoms with van der Waals surface area (Å²) in [5.41, 5.74) is 2.51. The van der Waals surface area contributed by atoms with Gasteiger partial charge in [-0.2, -0.15) is 10.2 Å². The second kappa shape index (κ2) is 6.96. The highest BCUT2D eigenvalue weighted by Crippen LogP contribution is 2.45. The van der Waals surface area contributed by atoms with E-state index in [2.05, 4.69) is 15.2 Å². The van der Waals surface area contributed by atoms with Crippen molar-refractivity contribution in [3.8, 4) is 11.3 Å². The average molecular weight is 389 g/mol. The smallest absolute Gasteiger partial charge is 0.327 e. The van der Waals surface area contributed by atoms with Gasteiger partial charge >= 0.3 is 5.97 Å². The quantitative estimate of drug-likeness (QED) is 0.603. The van der Waals surface area contributed by atoms with E-state index in [1.165, 1.54) is 10.7 Å². The first-order valence-corrected chi connectivity index (χ1v) is 9.24. The molecule has 1 aliphatic rings. The normalized spacial score (nSPS) is 14.2. The van der Waals surface area contributed by atoms with Crippen molar-refractivity contribution >= 4 is 17.0 Å². The molecule has 3 heterocycles. The number of fused-ring (bicyclic) bond motifs is 1. The van der Waals surface area contributed by atoms with Crippen LogP contribution < -0.4 is 0 Å². The number of esters is 1. The number of rotatable bonds is 6.